The van der Waals surface area contributed by atoms with Gasteiger partial charge in [0.15, 0.2) is 0 Å². The molecule has 0 amide bonds. The van der Waals surface area contributed by atoms with E-state index in [1.165, 1.54) is 93.9 Å². The van der Waals surface area contributed by atoms with Gasteiger partial charge >= 0.3 is 0 Å². The van der Waals surface area contributed by atoms with Crippen molar-refractivity contribution in [1.29, 1.82) is 0 Å². The molecule has 0 atom stereocenters. The van der Waals surface area contributed by atoms with Crippen molar-refractivity contribution in [2.75, 3.05) is 4.90 Å². The summed E-state index contributed by atoms with van der Waals surface area (Å²) in [5.41, 5.74) is 13.7. The molecule has 1 aliphatic heterocycles. The van der Waals surface area contributed by atoms with Crippen LogP contribution >= 0.6 is 0 Å². The van der Waals surface area contributed by atoms with Crippen LogP contribution in [0.1, 0.15) is 22.3 Å². The summed E-state index contributed by atoms with van der Waals surface area (Å²) in [4.78, 5) is 2.57. The standard InChI is InChI=1S/C49H31N/c1-2-18-33-32(16-1)17-15-25-36(33)47-37-21-3-5-23-39(37)48(40-24-6-4-22-38(40)47)50-45-30-13-11-28-43(45)49(44-29-12-14-31-46(44)50)41-26-9-7-19-34(41)35-20-8-10-27-42(35)49/h1-31H. The molecule has 1 heterocycles. The first-order chi connectivity index (χ1) is 24.9. The zero-order valence-electron chi connectivity index (χ0n) is 27.3. The van der Waals surface area contributed by atoms with Crippen LogP contribution in [0.2, 0.25) is 0 Å². The third-order valence-corrected chi connectivity index (χ3v) is 11.2. The first kappa shape index (κ1) is 27.5. The predicted molar refractivity (Wildman–Crippen MR) is 210 cm³/mol. The van der Waals surface area contributed by atoms with Crippen molar-refractivity contribution in [3.63, 3.8) is 0 Å². The molecule has 0 radical (unpaired) electrons. The molecule has 9 aromatic rings. The number of para-hydroxylation sites is 2. The monoisotopic (exact) mass is 633 g/mol. The van der Waals surface area contributed by atoms with Gasteiger partial charge in [-0.2, -0.15) is 0 Å². The van der Waals surface area contributed by atoms with Crippen LogP contribution in [-0.2, 0) is 5.41 Å². The molecule has 50 heavy (non-hydrogen) atoms. The van der Waals surface area contributed by atoms with Gasteiger partial charge in [-0.3, -0.25) is 0 Å². The zero-order chi connectivity index (χ0) is 32.8. The molecular weight excluding hydrogens is 603 g/mol. The lowest BCUT2D eigenvalue weighted by Crippen LogP contribution is -2.36. The fourth-order valence-electron chi connectivity index (χ4n) is 9.38. The van der Waals surface area contributed by atoms with E-state index in [0.717, 1.165) is 0 Å². The normalized spacial score (nSPS) is 13.7. The van der Waals surface area contributed by atoms with E-state index >= 15 is 0 Å². The Morgan fingerprint density at radius 1 is 0.300 bits per heavy atom. The van der Waals surface area contributed by atoms with E-state index in [4.69, 9.17) is 0 Å². The predicted octanol–water partition coefficient (Wildman–Crippen LogP) is 13.0. The highest BCUT2D eigenvalue weighted by Gasteiger charge is 2.51. The van der Waals surface area contributed by atoms with Crippen LogP contribution in [0.25, 0.3) is 54.6 Å². The molecule has 0 bridgehead atoms. The number of hydrogen-bond donors (Lipinski definition) is 0. The molecule has 11 rings (SSSR count). The molecule has 1 heteroatoms. The SMILES string of the molecule is c1ccc2c(c1)-c1ccccc1C21c2ccccc2N(c2c3ccccc3c(-c3cccc4ccccc34)c3ccccc23)c2ccccc21. The molecule has 2 aliphatic rings. The minimum atomic E-state index is -0.439. The topological polar surface area (TPSA) is 3.24 Å². The summed E-state index contributed by atoms with van der Waals surface area (Å²) in [5, 5.41) is 7.51. The molecule has 9 aromatic carbocycles. The van der Waals surface area contributed by atoms with Gasteiger partial charge in [0.2, 0.25) is 0 Å². The first-order valence-corrected chi connectivity index (χ1v) is 17.5. The first-order valence-electron chi connectivity index (χ1n) is 17.5. The number of hydrogen-bond acceptors (Lipinski definition) is 1. The Hall–Kier alpha value is -6.44. The van der Waals surface area contributed by atoms with E-state index in [0.29, 0.717) is 0 Å². The maximum atomic E-state index is 2.57. The Labute approximate surface area is 291 Å². The molecule has 1 nitrogen and oxygen atoms in total. The molecule has 232 valence electrons. The van der Waals surface area contributed by atoms with Gasteiger partial charge in [-0.25, -0.2) is 0 Å². The highest BCUT2D eigenvalue weighted by molar-refractivity contribution is 6.24. The van der Waals surface area contributed by atoms with E-state index in [-0.39, 0.29) is 0 Å². The number of fused-ring (bicyclic) bond motifs is 12. The van der Waals surface area contributed by atoms with Crippen molar-refractivity contribution in [3.8, 4) is 22.3 Å². The lowest BCUT2D eigenvalue weighted by Gasteiger charge is -2.45. The van der Waals surface area contributed by atoms with Gasteiger partial charge in [0.05, 0.1) is 22.5 Å². The van der Waals surface area contributed by atoms with Crippen molar-refractivity contribution >= 4 is 49.4 Å². The zero-order valence-corrected chi connectivity index (χ0v) is 27.3. The Morgan fingerprint density at radius 3 is 1.28 bits per heavy atom. The van der Waals surface area contributed by atoms with Crippen LogP contribution in [0, 0.1) is 0 Å². The molecule has 1 spiro atoms. The van der Waals surface area contributed by atoms with Crippen molar-refractivity contribution in [1.82, 2.24) is 0 Å². The summed E-state index contributed by atoms with van der Waals surface area (Å²) in [5.74, 6) is 0. The molecule has 0 unspecified atom stereocenters. The number of benzene rings is 9. The Kier molecular flexibility index (Phi) is 5.66. The van der Waals surface area contributed by atoms with Gasteiger partial charge in [-0.15, -0.1) is 0 Å². The fraction of sp³-hybridized carbons (Fsp3) is 0.0204. The van der Waals surface area contributed by atoms with E-state index in [1.54, 1.807) is 0 Å². The molecular formula is C49H31N. The van der Waals surface area contributed by atoms with Gasteiger partial charge in [-0.1, -0.05) is 176 Å². The summed E-state index contributed by atoms with van der Waals surface area (Å²) in [7, 11) is 0. The second kappa shape index (κ2) is 10.3. The van der Waals surface area contributed by atoms with Crippen LogP contribution in [0.5, 0.6) is 0 Å². The van der Waals surface area contributed by atoms with Crippen molar-refractivity contribution in [3.05, 3.63) is 210 Å². The van der Waals surface area contributed by atoms with Crippen molar-refractivity contribution in [2.24, 2.45) is 0 Å². The van der Waals surface area contributed by atoms with Gasteiger partial charge in [0, 0.05) is 10.8 Å². The summed E-state index contributed by atoms with van der Waals surface area (Å²) >= 11 is 0. The van der Waals surface area contributed by atoms with Crippen LogP contribution in [0.3, 0.4) is 0 Å². The highest BCUT2D eigenvalue weighted by Crippen LogP contribution is 2.64. The second-order valence-electron chi connectivity index (χ2n) is 13.6. The number of rotatable bonds is 2. The third-order valence-electron chi connectivity index (χ3n) is 11.2. The molecule has 1 aliphatic carbocycles. The van der Waals surface area contributed by atoms with Gasteiger partial charge in [0.1, 0.15) is 0 Å². The lowest BCUT2D eigenvalue weighted by atomic mass is 9.64. The lowest BCUT2D eigenvalue weighted by molar-refractivity contribution is 0.753. The van der Waals surface area contributed by atoms with E-state index in [9.17, 15) is 0 Å². The van der Waals surface area contributed by atoms with Crippen LogP contribution < -0.4 is 4.90 Å². The molecule has 0 saturated carbocycles. The summed E-state index contributed by atoms with van der Waals surface area (Å²) in [6, 6.07) is 69.8. The Morgan fingerprint density at radius 2 is 0.700 bits per heavy atom. The van der Waals surface area contributed by atoms with E-state index in [2.05, 4.69) is 193 Å². The summed E-state index contributed by atoms with van der Waals surface area (Å²) in [6.07, 6.45) is 0. The van der Waals surface area contributed by atoms with Gasteiger partial charge in [-0.05, 0) is 78.2 Å². The Balaban J connectivity index is 1.29. The van der Waals surface area contributed by atoms with Gasteiger partial charge in [0.25, 0.3) is 0 Å². The van der Waals surface area contributed by atoms with Crippen molar-refractivity contribution < 1.29 is 0 Å². The van der Waals surface area contributed by atoms with Crippen LogP contribution in [0.4, 0.5) is 17.1 Å². The highest BCUT2D eigenvalue weighted by atomic mass is 15.2. The second-order valence-corrected chi connectivity index (χ2v) is 13.6. The summed E-state index contributed by atoms with van der Waals surface area (Å²) < 4.78 is 0. The Bertz CT molecular complexity index is 2680. The maximum absolute atomic E-state index is 2.57. The third kappa shape index (κ3) is 3.46. The maximum Gasteiger partial charge on any atom is 0.0754 e. The quantitative estimate of drug-likeness (QED) is 0.171. The molecule has 0 N–H and O–H groups in total. The van der Waals surface area contributed by atoms with Crippen LogP contribution in [0.15, 0.2) is 188 Å². The average Bonchev–Trinajstić information content (AvgIpc) is 3.48. The molecule has 0 fully saturated rings. The average molecular weight is 634 g/mol. The van der Waals surface area contributed by atoms with Gasteiger partial charge < -0.3 is 4.90 Å². The minimum absolute atomic E-state index is 0.439. The number of nitrogens with zero attached hydrogens (tertiary/aromatic N) is 1. The molecule has 0 saturated heterocycles. The largest absolute Gasteiger partial charge is 0.309 e. The minimum Gasteiger partial charge on any atom is -0.309 e. The fourth-order valence-corrected chi connectivity index (χ4v) is 9.38. The van der Waals surface area contributed by atoms with E-state index in [1.807, 2.05) is 0 Å². The number of anilines is 3. The smallest absolute Gasteiger partial charge is 0.0754 e. The van der Waals surface area contributed by atoms with E-state index < -0.39 is 5.41 Å². The molecule has 0 aromatic heterocycles. The van der Waals surface area contributed by atoms with Crippen molar-refractivity contribution in [2.45, 2.75) is 5.41 Å². The van der Waals surface area contributed by atoms with Crippen LogP contribution in [-0.4, -0.2) is 0 Å². The summed E-state index contributed by atoms with van der Waals surface area (Å²) in [6.45, 7) is 0.